The summed E-state index contributed by atoms with van der Waals surface area (Å²) in [5.74, 6) is -0.276. The van der Waals surface area contributed by atoms with Crippen molar-refractivity contribution in [1.29, 1.82) is 0 Å². The molecule has 1 N–H and O–H groups in total. The highest BCUT2D eigenvalue weighted by Crippen LogP contribution is 2.20. The lowest BCUT2D eigenvalue weighted by atomic mass is 9.94. The van der Waals surface area contributed by atoms with Crippen LogP contribution in [-0.4, -0.2) is 18.2 Å². The summed E-state index contributed by atoms with van der Waals surface area (Å²) in [5, 5.41) is 11.4. The van der Waals surface area contributed by atoms with Crippen LogP contribution in [0.3, 0.4) is 0 Å². The first-order valence-electron chi connectivity index (χ1n) is 6.57. The quantitative estimate of drug-likeness (QED) is 0.847. The fourth-order valence-electron chi connectivity index (χ4n) is 2.13. The van der Waals surface area contributed by atoms with E-state index in [4.69, 9.17) is 4.74 Å². The van der Waals surface area contributed by atoms with Gasteiger partial charge in [0.1, 0.15) is 5.75 Å². The second kappa shape index (κ2) is 7.10. The van der Waals surface area contributed by atoms with E-state index in [1.807, 2.05) is 35.7 Å². The Morgan fingerprint density at radius 2 is 2.05 bits per heavy atom. The minimum absolute atomic E-state index is 0.342. The van der Waals surface area contributed by atoms with E-state index in [1.54, 1.807) is 18.4 Å². The average Bonchev–Trinajstić information content (AvgIpc) is 2.97. The molecule has 106 valence electrons. The number of carbonyl (C=O) groups is 1. The molecule has 0 saturated heterocycles. The Morgan fingerprint density at radius 1 is 1.30 bits per heavy atom. The van der Waals surface area contributed by atoms with E-state index in [1.165, 1.54) is 4.88 Å². The van der Waals surface area contributed by atoms with Gasteiger partial charge in [-0.3, -0.25) is 4.79 Å². The zero-order valence-corrected chi connectivity index (χ0v) is 12.2. The predicted octanol–water partition coefficient (Wildman–Crippen LogP) is 3.63. The predicted molar refractivity (Wildman–Crippen MR) is 80.5 cm³/mol. The van der Waals surface area contributed by atoms with Crippen LogP contribution < -0.4 is 4.74 Å². The number of hydrogen-bond donors (Lipinski definition) is 1. The second-order valence-electron chi connectivity index (χ2n) is 4.71. The number of carboxylic acid groups (broad SMARTS) is 1. The highest BCUT2D eigenvalue weighted by molar-refractivity contribution is 7.09. The second-order valence-corrected chi connectivity index (χ2v) is 5.74. The minimum Gasteiger partial charge on any atom is -0.497 e. The molecular weight excluding hydrogens is 272 g/mol. The molecule has 0 amide bonds. The van der Waals surface area contributed by atoms with Gasteiger partial charge in [0.15, 0.2) is 0 Å². The van der Waals surface area contributed by atoms with Gasteiger partial charge >= 0.3 is 5.97 Å². The molecule has 1 heterocycles. The Labute approximate surface area is 122 Å². The Bertz CT molecular complexity index is 531. The first-order valence-corrected chi connectivity index (χ1v) is 7.45. The maximum absolute atomic E-state index is 11.4. The van der Waals surface area contributed by atoms with Gasteiger partial charge in [-0.15, -0.1) is 11.3 Å². The number of methoxy groups -OCH3 is 1. The van der Waals surface area contributed by atoms with Crippen LogP contribution in [0.25, 0.3) is 0 Å². The molecule has 0 aliphatic heterocycles. The lowest BCUT2D eigenvalue weighted by Crippen LogP contribution is -2.17. The standard InChI is InChI=1S/C16H18O3S/c1-19-14-7-4-12(5-8-14)11-13(16(17)18)6-9-15-3-2-10-20-15/h2-5,7-8,10,13H,6,9,11H2,1H3,(H,17,18). The van der Waals surface area contributed by atoms with Crippen molar-refractivity contribution in [1.82, 2.24) is 0 Å². The van der Waals surface area contributed by atoms with Crippen LogP contribution in [0.2, 0.25) is 0 Å². The van der Waals surface area contributed by atoms with E-state index in [-0.39, 0.29) is 5.92 Å². The fourth-order valence-corrected chi connectivity index (χ4v) is 2.86. The van der Waals surface area contributed by atoms with Crippen LogP contribution in [0.15, 0.2) is 41.8 Å². The van der Waals surface area contributed by atoms with Crippen LogP contribution in [0.4, 0.5) is 0 Å². The normalized spacial score (nSPS) is 12.1. The van der Waals surface area contributed by atoms with Gasteiger partial charge in [-0.25, -0.2) is 0 Å². The van der Waals surface area contributed by atoms with E-state index in [0.717, 1.165) is 17.7 Å². The molecule has 3 nitrogen and oxygen atoms in total. The van der Waals surface area contributed by atoms with Crippen LogP contribution >= 0.6 is 11.3 Å². The largest absolute Gasteiger partial charge is 0.497 e. The first-order chi connectivity index (χ1) is 9.69. The van der Waals surface area contributed by atoms with Gasteiger partial charge in [0, 0.05) is 4.88 Å². The Kier molecular flexibility index (Phi) is 5.18. The van der Waals surface area contributed by atoms with Crippen molar-refractivity contribution < 1.29 is 14.6 Å². The van der Waals surface area contributed by atoms with Crippen LogP contribution in [0, 0.1) is 5.92 Å². The summed E-state index contributed by atoms with van der Waals surface area (Å²) < 4.78 is 5.10. The molecule has 1 aromatic carbocycles. The summed E-state index contributed by atoms with van der Waals surface area (Å²) >= 11 is 1.68. The van der Waals surface area contributed by atoms with Gasteiger partial charge in [0.2, 0.25) is 0 Å². The summed E-state index contributed by atoms with van der Waals surface area (Å²) in [6.45, 7) is 0. The molecule has 2 aromatic rings. The molecule has 1 atom stereocenters. The Balaban J connectivity index is 1.95. The number of aliphatic carboxylic acids is 1. The number of thiophene rings is 1. The van der Waals surface area contributed by atoms with Crippen molar-refractivity contribution in [3.05, 3.63) is 52.2 Å². The summed E-state index contributed by atoms with van der Waals surface area (Å²) in [7, 11) is 1.62. The summed E-state index contributed by atoms with van der Waals surface area (Å²) in [6, 6.07) is 11.6. The third kappa shape index (κ3) is 4.10. The molecule has 1 aromatic heterocycles. The molecule has 2 rings (SSSR count). The zero-order chi connectivity index (χ0) is 14.4. The van der Waals surface area contributed by atoms with Gasteiger partial charge in [0.25, 0.3) is 0 Å². The van der Waals surface area contributed by atoms with E-state index >= 15 is 0 Å². The lowest BCUT2D eigenvalue weighted by molar-refractivity contribution is -0.141. The first kappa shape index (κ1) is 14.6. The van der Waals surface area contributed by atoms with Gasteiger partial charge in [-0.05, 0) is 48.4 Å². The molecule has 0 radical (unpaired) electrons. The average molecular weight is 290 g/mol. The highest BCUT2D eigenvalue weighted by atomic mass is 32.1. The smallest absolute Gasteiger partial charge is 0.306 e. The van der Waals surface area contributed by atoms with Gasteiger partial charge in [-0.2, -0.15) is 0 Å². The number of hydrogen-bond acceptors (Lipinski definition) is 3. The number of carboxylic acids is 1. The van der Waals surface area contributed by atoms with Crippen molar-refractivity contribution in [2.24, 2.45) is 5.92 Å². The van der Waals surface area contributed by atoms with Gasteiger partial charge < -0.3 is 9.84 Å². The monoisotopic (exact) mass is 290 g/mol. The zero-order valence-electron chi connectivity index (χ0n) is 11.4. The maximum Gasteiger partial charge on any atom is 0.306 e. The van der Waals surface area contributed by atoms with E-state index in [2.05, 4.69) is 6.07 Å². The molecular formula is C16H18O3S. The third-order valence-electron chi connectivity index (χ3n) is 3.31. The van der Waals surface area contributed by atoms with Crippen molar-refractivity contribution in [2.45, 2.75) is 19.3 Å². The fraction of sp³-hybridized carbons (Fsp3) is 0.312. The van der Waals surface area contributed by atoms with Crippen molar-refractivity contribution in [3.8, 4) is 5.75 Å². The van der Waals surface area contributed by atoms with Gasteiger partial charge in [-0.1, -0.05) is 18.2 Å². The summed E-state index contributed by atoms with van der Waals surface area (Å²) in [4.78, 5) is 12.6. The number of ether oxygens (including phenoxy) is 1. The molecule has 0 bridgehead atoms. The number of benzene rings is 1. The van der Waals surface area contributed by atoms with Crippen molar-refractivity contribution >= 4 is 17.3 Å². The summed E-state index contributed by atoms with van der Waals surface area (Å²) in [5.41, 5.74) is 1.03. The van der Waals surface area contributed by atoms with Crippen molar-refractivity contribution in [2.75, 3.05) is 7.11 Å². The van der Waals surface area contributed by atoms with E-state index in [9.17, 15) is 9.90 Å². The molecule has 20 heavy (non-hydrogen) atoms. The maximum atomic E-state index is 11.4. The van der Waals surface area contributed by atoms with E-state index < -0.39 is 5.97 Å². The number of rotatable bonds is 7. The lowest BCUT2D eigenvalue weighted by Gasteiger charge is -2.12. The van der Waals surface area contributed by atoms with Crippen LogP contribution in [0.1, 0.15) is 16.9 Å². The Morgan fingerprint density at radius 3 is 2.60 bits per heavy atom. The van der Waals surface area contributed by atoms with Gasteiger partial charge in [0.05, 0.1) is 13.0 Å². The number of aryl methyl sites for hydroxylation is 1. The molecule has 0 saturated carbocycles. The van der Waals surface area contributed by atoms with Crippen LogP contribution in [-0.2, 0) is 17.6 Å². The molecule has 0 spiro atoms. The van der Waals surface area contributed by atoms with E-state index in [0.29, 0.717) is 12.8 Å². The molecule has 0 aliphatic rings. The molecule has 1 unspecified atom stereocenters. The topological polar surface area (TPSA) is 46.5 Å². The summed E-state index contributed by atoms with van der Waals surface area (Å²) in [6.07, 6.45) is 2.05. The third-order valence-corrected chi connectivity index (χ3v) is 4.25. The van der Waals surface area contributed by atoms with Crippen molar-refractivity contribution in [3.63, 3.8) is 0 Å². The Hall–Kier alpha value is -1.81. The molecule has 0 aliphatic carbocycles. The van der Waals surface area contributed by atoms with Crippen LogP contribution in [0.5, 0.6) is 5.75 Å². The molecule has 0 fully saturated rings. The minimum atomic E-state index is -0.725. The SMILES string of the molecule is COc1ccc(CC(CCc2cccs2)C(=O)O)cc1. The highest BCUT2D eigenvalue weighted by Gasteiger charge is 2.18. The molecule has 4 heteroatoms.